The van der Waals surface area contributed by atoms with Crippen LogP contribution in [0.4, 0.5) is 0 Å². The first-order chi connectivity index (χ1) is 14.2. The van der Waals surface area contributed by atoms with Gasteiger partial charge in [-0.1, -0.05) is 6.07 Å². The molecule has 1 N–H and O–H groups in total. The van der Waals surface area contributed by atoms with Crippen molar-refractivity contribution >= 4 is 5.71 Å². The van der Waals surface area contributed by atoms with Crippen molar-refractivity contribution in [2.45, 2.75) is 44.2 Å². The molecular formula is C24H26N4O. The summed E-state index contributed by atoms with van der Waals surface area (Å²) in [7, 11) is 2.24. The number of pyridine rings is 2. The van der Waals surface area contributed by atoms with Crippen molar-refractivity contribution in [2.24, 2.45) is 22.7 Å². The Kier molecular flexibility index (Phi) is 3.88. The summed E-state index contributed by atoms with van der Waals surface area (Å²) < 4.78 is 0. The summed E-state index contributed by atoms with van der Waals surface area (Å²) in [4.78, 5) is 16.4. The van der Waals surface area contributed by atoms with Crippen LogP contribution in [0.1, 0.15) is 49.3 Å². The molecule has 3 aliphatic carbocycles. The van der Waals surface area contributed by atoms with Crippen LogP contribution >= 0.6 is 0 Å². The number of aliphatic hydroxyl groups excluding tert-OH is 1. The molecule has 3 unspecified atom stereocenters. The van der Waals surface area contributed by atoms with Crippen LogP contribution in [0.3, 0.4) is 0 Å². The number of allylic oxidation sites excluding steroid dienone is 1. The Morgan fingerprint density at radius 2 is 1.72 bits per heavy atom. The highest BCUT2D eigenvalue weighted by atomic mass is 16.3. The van der Waals surface area contributed by atoms with Gasteiger partial charge in [0.2, 0.25) is 0 Å². The maximum absolute atomic E-state index is 11.1. The second-order valence-corrected chi connectivity index (χ2v) is 9.18. The molecule has 4 bridgehead atoms. The molecule has 2 aromatic heterocycles. The molecule has 3 atom stereocenters. The zero-order valence-corrected chi connectivity index (χ0v) is 16.7. The molecule has 5 nitrogen and oxygen atoms in total. The normalized spacial score (nSPS) is 35.0. The highest BCUT2D eigenvalue weighted by molar-refractivity contribution is 6.11. The Morgan fingerprint density at radius 3 is 2.52 bits per heavy atom. The van der Waals surface area contributed by atoms with Crippen molar-refractivity contribution in [3.8, 4) is 11.4 Å². The maximum Gasteiger partial charge on any atom is 0.124 e. The molecule has 29 heavy (non-hydrogen) atoms. The van der Waals surface area contributed by atoms with E-state index in [1.165, 1.54) is 37.8 Å². The van der Waals surface area contributed by atoms with E-state index in [0.29, 0.717) is 17.7 Å². The maximum atomic E-state index is 11.1. The Balaban J connectivity index is 1.45. The Bertz CT molecular complexity index is 1020. The van der Waals surface area contributed by atoms with E-state index in [2.05, 4.69) is 21.9 Å². The minimum Gasteiger partial charge on any atom is -0.382 e. The minimum atomic E-state index is -0.781. The lowest BCUT2D eigenvalue weighted by Gasteiger charge is -2.38. The molecule has 148 valence electrons. The van der Waals surface area contributed by atoms with Crippen LogP contribution in [0.25, 0.3) is 11.4 Å². The highest BCUT2D eigenvalue weighted by Crippen LogP contribution is 2.50. The first-order valence-electron chi connectivity index (χ1n) is 10.8. The number of hydrogen-bond acceptors (Lipinski definition) is 5. The molecule has 4 heterocycles. The molecule has 2 saturated heterocycles. The van der Waals surface area contributed by atoms with E-state index in [9.17, 15) is 5.11 Å². The molecule has 0 amide bonds. The van der Waals surface area contributed by atoms with Gasteiger partial charge in [-0.2, -0.15) is 0 Å². The summed E-state index contributed by atoms with van der Waals surface area (Å²) >= 11 is 0. The van der Waals surface area contributed by atoms with Gasteiger partial charge in [0.25, 0.3) is 0 Å². The quantitative estimate of drug-likeness (QED) is 0.806. The van der Waals surface area contributed by atoms with Gasteiger partial charge in [-0.25, -0.2) is 0 Å². The number of aliphatic imine (C=N–C) groups is 1. The molecule has 5 heteroatoms. The van der Waals surface area contributed by atoms with Crippen LogP contribution in [0, 0.1) is 17.8 Å². The van der Waals surface area contributed by atoms with Crippen LogP contribution in [-0.2, 0) is 0 Å². The molecule has 2 aliphatic heterocycles. The molecule has 7 rings (SSSR count). The largest absolute Gasteiger partial charge is 0.382 e. The summed E-state index contributed by atoms with van der Waals surface area (Å²) in [6, 6.07) is 8.32. The lowest BCUT2D eigenvalue weighted by Crippen LogP contribution is -2.34. The molecule has 0 aromatic carbocycles. The summed E-state index contributed by atoms with van der Waals surface area (Å²) in [5.74, 6) is 2.35. The lowest BCUT2D eigenvalue weighted by molar-refractivity contribution is 0.137. The monoisotopic (exact) mass is 386 g/mol. The van der Waals surface area contributed by atoms with Crippen molar-refractivity contribution in [2.75, 3.05) is 7.05 Å². The zero-order valence-electron chi connectivity index (χ0n) is 16.7. The molecular weight excluding hydrogens is 360 g/mol. The van der Waals surface area contributed by atoms with E-state index < -0.39 is 6.10 Å². The Labute approximate surface area is 171 Å². The number of fused-ring (bicyclic) bond motifs is 4. The minimum absolute atomic E-state index is 0.601. The molecule has 2 aromatic rings. The fourth-order valence-corrected chi connectivity index (χ4v) is 6.28. The van der Waals surface area contributed by atoms with E-state index >= 15 is 0 Å². The van der Waals surface area contributed by atoms with Gasteiger partial charge in [0.05, 0.1) is 17.1 Å². The van der Waals surface area contributed by atoms with Crippen molar-refractivity contribution in [1.29, 1.82) is 0 Å². The Morgan fingerprint density at radius 1 is 1.00 bits per heavy atom. The van der Waals surface area contributed by atoms with E-state index in [0.717, 1.165) is 34.4 Å². The summed E-state index contributed by atoms with van der Waals surface area (Å²) in [5, 5.41) is 11.1. The van der Waals surface area contributed by atoms with Crippen LogP contribution in [0.15, 0.2) is 53.5 Å². The summed E-state index contributed by atoms with van der Waals surface area (Å²) in [5.41, 5.74) is 5.25. The van der Waals surface area contributed by atoms with E-state index in [-0.39, 0.29) is 0 Å². The van der Waals surface area contributed by atoms with Gasteiger partial charge in [-0.05, 0) is 62.1 Å². The van der Waals surface area contributed by atoms with E-state index in [4.69, 9.17) is 4.99 Å². The molecule has 0 spiro atoms. The number of aliphatic hydroxyl groups is 1. The van der Waals surface area contributed by atoms with Crippen molar-refractivity contribution < 1.29 is 5.11 Å². The van der Waals surface area contributed by atoms with Gasteiger partial charge < -0.3 is 10.0 Å². The summed E-state index contributed by atoms with van der Waals surface area (Å²) in [6.45, 7) is 0. The molecule has 2 saturated carbocycles. The van der Waals surface area contributed by atoms with Crippen molar-refractivity contribution in [3.63, 3.8) is 0 Å². The third-order valence-corrected chi connectivity index (χ3v) is 7.52. The number of hydrogen-bond donors (Lipinski definition) is 1. The third-order valence-electron chi connectivity index (χ3n) is 7.52. The first-order valence-corrected chi connectivity index (χ1v) is 10.8. The standard InChI is InChI=1S/C24H26N4O/c1-28-17-11-14-8-15(12-17)10-16(9-14)20(28)13-27-23-18-4-2-6-25-21(18)22-19(24(23)29)5-3-7-26-22/h2-7,13-17,24,29H,8-12H2,1H3/b20-13+,27-23?. The van der Waals surface area contributed by atoms with Gasteiger partial charge in [0.15, 0.2) is 0 Å². The average Bonchev–Trinajstić information content (AvgIpc) is 2.88. The molecule has 0 radical (unpaired) electrons. The highest BCUT2D eigenvalue weighted by Gasteiger charge is 2.43. The number of nitrogens with zero attached hydrogens (tertiary/aromatic N) is 4. The fourth-order valence-electron chi connectivity index (χ4n) is 6.28. The van der Waals surface area contributed by atoms with E-state index in [1.807, 2.05) is 30.5 Å². The van der Waals surface area contributed by atoms with Crippen LogP contribution in [0.2, 0.25) is 0 Å². The molecule has 4 fully saturated rings. The average molecular weight is 386 g/mol. The van der Waals surface area contributed by atoms with Crippen LogP contribution in [0.5, 0.6) is 0 Å². The predicted molar refractivity (Wildman–Crippen MR) is 112 cm³/mol. The number of aromatic nitrogens is 2. The molecule has 5 aliphatic rings. The van der Waals surface area contributed by atoms with Crippen LogP contribution in [-0.4, -0.2) is 38.8 Å². The first kappa shape index (κ1) is 17.3. The topological polar surface area (TPSA) is 61.6 Å². The fraction of sp³-hybridized carbons (Fsp3) is 0.458. The van der Waals surface area contributed by atoms with Gasteiger partial charge in [-0.15, -0.1) is 0 Å². The van der Waals surface area contributed by atoms with Crippen molar-refractivity contribution in [1.82, 2.24) is 14.9 Å². The number of rotatable bonds is 1. The van der Waals surface area contributed by atoms with Gasteiger partial charge in [-0.3, -0.25) is 15.0 Å². The second kappa shape index (κ2) is 6.49. The lowest BCUT2D eigenvalue weighted by atomic mass is 9.68. The van der Waals surface area contributed by atoms with Gasteiger partial charge >= 0.3 is 0 Å². The van der Waals surface area contributed by atoms with Crippen LogP contribution < -0.4 is 0 Å². The smallest absolute Gasteiger partial charge is 0.124 e. The van der Waals surface area contributed by atoms with Crippen molar-refractivity contribution in [3.05, 3.63) is 59.7 Å². The summed E-state index contributed by atoms with van der Waals surface area (Å²) in [6.07, 6.45) is 11.4. The second-order valence-electron chi connectivity index (χ2n) is 9.18. The third kappa shape index (κ3) is 2.67. The zero-order chi connectivity index (χ0) is 19.5. The SMILES string of the molecule is CN1/C(=C/N=C2c3cccnc3-c3ncccc3C2O)C2CC3CC(C2)CC1C3. The van der Waals surface area contributed by atoms with E-state index in [1.54, 1.807) is 12.4 Å². The Hall–Kier alpha value is -2.53. The predicted octanol–water partition coefficient (Wildman–Crippen LogP) is 3.96. The van der Waals surface area contributed by atoms with Gasteiger partial charge in [0.1, 0.15) is 6.10 Å². The van der Waals surface area contributed by atoms with Gasteiger partial charge in [0, 0.05) is 54.4 Å².